The fourth-order valence-electron chi connectivity index (χ4n) is 11.3. The highest BCUT2D eigenvalue weighted by Gasteiger charge is 2.30. The van der Waals surface area contributed by atoms with Gasteiger partial charge < -0.3 is 33.8 Å². The Morgan fingerprint density at radius 3 is 0.763 bits per heavy atom. The number of rotatable bonds is 74. The van der Waals surface area contributed by atoms with Gasteiger partial charge in [0, 0.05) is 25.7 Å². The highest BCUT2D eigenvalue weighted by molar-refractivity contribution is 7.47. The van der Waals surface area contributed by atoms with E-state index in [9.17, 15) is 43.2 Å². The smallest absolute Gasteiger partial charge is 0.462 e. The summed E-state index contributed by atoms with van der Waals surface area (Å²) < 4.78 is 68.5. The normalized spacial score (nSPS) is 14.3. The van der Waals surface area contributed by atoms with E-state index in [1.807, 2.05) is 0 Å². The van der Waals surface area contributed by atoms with Crippen molar-refractivity contribution in [2.75, 3.05) is 39.6 Å². The van der Waals surface area contributed by atoms with Crippen molar-refractivity contribution in [3.05, 3.63) is 0 Å². The molecule has 0 amide bonds. The van der Waals surface area contributed by atoms with Gasteiger partial charge >= 0.3 is 39.5 Å². The lowest BCUT2D eigenvalue weighted by Crippen LogP contribution is -2.30. The lowest BCUT2D eigenvalue weighted by molar-refractivity contribution is -0.161. The van der Waals surface area contributed by atoms with Gasteiger partial charge in [-0.05, 0) is 31.6 Å². The first kappa shape index (κ1) is 91.1. The summed E-state index contributed by atoms with van der Waals surface area (Å²) in [5.41, 5.74) is 0. The molecule has 0 fully saturated rings. The third kappa shape index (κ3) is 67.0. The Morgan fingerprint density at radius 2 is 0.516 bits per heavy atom. The van der Waals surface area contributed by atoms with Crippen LogP contribution in [0.2, 0.25) is 0 Å². The van der Waals surface area contributed by atoms with Crippen molar-refractivity contribution >= 4 is 39.5 Å². The molecule has 3 N–H and O–H groups in total. The maximum atomic E-state index is 13.1. The van der Waals surface area contributed by atoms with Gasteiger partial charge in [0.15, 0.2) is 12.2 Å². The summed E-state index contributed by atoms with van der Waals surface area (Å²) in [6, 6.07) is 0. The van der Waals surface area contributed by atoms with Crippen molar-refractivity contribution in [3.63, 3.8) is 0 Å². The van der Waals surface area contributed by atoms with Crippen molar-refractivity contribution in [1.29, 1.82) is 0 Å². The minimum atomic E-state index is -4.95. The van der Waals surface area contributed by atoms with Gasteiger partial charge in [-0.2, -0.15) is 0 Å². The molecule has 0 heterocycles. The van der Waals surface area contributed by atoms with E-state index in [1.165, 1.54) is 212 Å². The van der Waals surface area contributed by atoms with Crippen molar-refractivity contribution in [1.82, 2.24) is 0 Å². The van der Waals surface area contributed by atoms with E-state index in [1.54, 1.807) is 0 Å². The topological polar surface area (TPSA) is 237 Å². The van der Waals surface area contributed by atoms with Gasteiger partial charge in [0.05, 0.1) is 26.4 Å². The van der Waals surface area contributed by atoms with E-state index in [0.717, 1.165) is 95.8 Å². The van der Waals surface area contributed by atoms with Gasteiger partial charge in [-0.15, -0.1) is 0 Å². The lowest BCUT2D eigenvalue weighted by atomic mass is 9.99. The summed E-state index contributed by atoms with van der Waals surface area (Å²) in [6.45, 7) is 7.31. The number of carbonyl (C=O) groups is 4. The molecular weight excluding hydrogens is 1220 g/mol. The van der Waals surface area contributed by atoms with Crippen molar-refractivity contribution in [2.24, 2.45) is 5.92 Å². The first-order valence-corrected chi connectivity index (χ1v) is 41.7. The molecule has 0 aromatic heterocycles. The van der Waals surface area contributed by atoms with Crippen LogP contribution in [0.4, 0.5) is 0 Å². The molecule has 0 saturated heterocycles. The number of ether oxygens (including phenoxy) is 4. The van der Waals surface area contributed by atoms with Gasteiger partial charge in [-0.1, -0.05) is 336 Å². The third-order valence-electron chi connectivity index (χ3n) is 17.6. The number of aliphatic hydroxyl groups is 1. The number of unbranched alkanes of at least 4 members (excludes halogenated alkanes) is 45. The van der Waals surface area contributed by atoms with E-state index in [4.69, 9.17) is 37.0 Å². The average Bonchev–Trinajstić information content (AvgIpc) is 3.65. The fraction of sp³-hybridized carbons (Fsp3) is 0.946. The maximum absolute atomic E-state index is 13.1. The molecule has 0 spiro atoms. The Morgan fingerprint density at radius 1 is 0.301 bits per heavy atom. The molecule has 0 aromatic carbocycles. The first-order chi connectivity index (χ1) is 45.1. The number of carbonyl (C=O) groups excluding carboxylic acids is 4. The summed E-state index contributed by atoms with van der Waals surface area (Å²) in [6.07, 6.45) is 55.2. The molecule has 0 aromatic rings. The SMILES string of the molecule is CCCCCCCCCCCCCCCCCC(=O)O[C@H](COC(=O)CCCCCCCCCCCCC(C)CC)COP(=O)(O)OC[C@@H](O)COP(=O)(O)OC[C@@H](COC(=O)CCCCCCCCCCCC)OC(=O)CCCCCCCCCCCCCCCC. The minimum absolute atomic E-state index is 0.108. The molecule has 3 unspecified atom stereocenters. The molecule has 17 nitrogen and oxygen atoms in total. The maximum Gasteiger partial charge on any atom is 0.472 e. The minimum Gasteiger partial charge on any atom is -0.462 e. The molecule has 0 rings (SSSR count). The van der Waals surface area contributed by atoms with Gasteiger partial charge in [0.25, 0.3) is 0 Å². The second-order valence-electron chi connectivity index (χ2n) is 26.9. The van der Waals surface area contributed by atoms with Crippen LogP contribution >= 0.6 is 15.6 Å². The van der Waals surface area contributed by atoms with Crippen LogP contribution in [0.25, 0.3) is 0 Å². The number of hydrogen-bond acceptors (Lipinski definition) is 15. The Kier molecular flexibility index (Phi) is 65.9. The predicted molar refractivity (Wildman–Crippen MR) is 377 cm³/mol. The molecule has 0 aliphatic carbocycles. The monoisotopic (exact) mass is 1370 g/mol. The average molecular weight is 1370 g/mol. The van der Waals surface area contributed by atoms with E-state index in [0.29, 0.717) is 25.7 Å². The van der Waals surface area contributed by atoms with E-state index < -0.39 is 97.5 Å². The first-order valence-electron chi connectivity index (χ1n) is 38.7. The van der Waals surface area contributed by atoms with Crippen LogP contribution in [0.5, 0.6) is 0 Å². The zero-order valence-electron chi connectivity index (χ0n) is 60.4. The summed E-state index contributed by atoms with van der Waals surface area (Å²) >= 11 is 0. The number of phosphoric acid groups is 2. The zero-order valence-corrected chi connectivity index (χ0v) is 62.2. The van der Waals surface area contributed by atoms with E-state index in [2.05, 4.69) is 34.6 Å². The molecule has 93 heavy (non-hydrogen) atoms. The number of esters is 4. The van der Waals surface area contributed by atoms with Gasteiger partial charge in [-0.3, -0.25) is 37.3 Å². The van der Waals surface area contributed by atoms with E-state index >= 15 is 0 Å². The summed E-state index contributed by atoms with van der Waals surface area (Å²) in [5, 5.41) is 10.6. The summed E-state index contributed by atoms with van der Waals surface area (Å²) in [5.74, 6) is -1.30. The quantitative estimate of drug-likeness (QED) is 0.0222. The van der Waals surface area contributed by atoms with Crippen molar-refractivity contribution < 1.29 is 80.2 Å². The number of aliphatic hydroxyl groups excluding tert-OH is 1. The second-order valence-corrected chi connectivity index (χ2v) is 29.8. The molecule has 6 atom stereocenters. The molecular formula is C74H144O17P2. The predicted octanol–water partition coefficient (Wildman–Crippen LogP) is 21.7. The molecule has 0 bridgehead atoms. The van der Waals surface area contributed by atoms with Crippen LogP contribution in [0.3, 0.4) is 0 Å². The van der Waals surface area contributed by atoms with Crippen molar-refractivity contribution in [2.45, 2.75) is 406 Å². The Bertz CT molecular complexity index is 1790. The van der Waals surface area contributed by atoms with Crippen LogP contribution in [-0.2, 0) is 65.4 Å². The van der Waals surface area contributed by atoms with Gasteiger partial charge in [0.2, 0.25) is 0 Å². The second kappa shape index (κ2) is 67.3. The van der Waals surface area contributed by atoms with Crippen LogP contribution in [0, 0.1) is 5.92 Å². The molecule has 0 aliphatic heterocycles. The number of hydrogen-bond donors (Lipinski definition) is 3. The molecule has 0 radical (unpaired) electrons. The summed E-state index contributed by atoms with van der Waals surface area (Å²) in [4.78, 5) is 72.7. The lowest BCUT2D eigenvalue weighted by Gasteiger charge is -2.21. The van der Waals surface area contributed by atoms with Crippen LogP contribution in [0.1, 0.15) is 388 Å². The highest BCUT2D eigenvalue weighted by atomic mass is 31.2. The van der Waals surface area contributed by atoms with E-state index in [-0.39, 0.29) is 25.7 Å². The largest absolute Gasteiger partial charge is 0.472 e. The van der Waals surface area contributed by atoms with Crippen LogP contribution in [0.15, 0.2) is 0 Å². The Hall–Kier alpha value is -1.94. The third-order valence-corrected chi connectivity index (χ3v) is 19.5. The molecule has 19 heteroatoms. The van der Waals surface area contributed by atoms with Gasteiger partial charge in [0.1, 0.15) is 19.3 Å². The standard InChI is InChI=1S/C74H144O17P2/c1-6-10-13-16-19-22-25-27-29-31-33-40-45-50-55-60-74(79)91-70(64-85-72(77)58-53-48-43-38-35-34-36-41-46-51-56-67(5)9-4)66-89-93(82,83)87-62-68(75)61-86-92(80,81)88-65-69(63-84-71(76)57-52-47-42-37-24-21-18-15-12-8-3)90-73(78)59-54-49-44-39-32-30-28-26-23-20-17-14-11-7-2/h67-70,75H,6-66H2,1-5H3,(H,80,81)(H,82,83)/t67?,68-,69+,70+/m0/s1. The fourth-order valence-corrected chi connectivity index (χ4v) is 12.9. The van der Waals surface area contributed by atoms with Crippen LogP contribution < -0.4 is 0 Å². The van der Waals surface area contributed by atoms with Gasteiger partial charge in [-0.25, -0.2) is 9.13 Å². The van der Waals surface area contributed by atoms with Crippen molar-refractivity contribution in [3.8, 4) is 0 Å². The summed E-state index contributed by atoms with van der Waals surface area (Å²) in [7, 11) is -9.91. The highest BCUT2D eigenvalue weighted by Crippen LogP contribution is 2.45. The molecule has 0 saturated carbocycles. The Labute approximate surface area is 568 Å². The Balaban J connectivity index is 5.25. The zero-order chi connectivity index (χ0) is 68.4. The number of phosphoric ester groups is 2. The molecule has 552 valence electrons. The molecule has 0 aliphatic rings. The van der Waals surface area contributed by atoms with Crippen LogP contribution in [-0.4, -0.2) is 96.7 Å².